The Morgan fingerprint density at radius 3 is 1.29 bits per heavy atom. The number of hydrogen-bond donors (Lipinski definition) is 1. The SMILES string of the molecule is CCCCCCCCCCCCCCCCCC[N+](C)(C)CCO.CCOS(=O)(=O)[O-]. The van der Waals surface area contributed by atoms with Crippen LogP contribution in [0.2, 0.25) is 0 Å². The molecule has 0 aromatic carbocycles. The minimum absolute atomic E-state index is 0.0914. The van der Waals surface area contributed by atoms with Crippen LogP contribution in [-0.4, -0.2) is 63.0 Å². The lowest BCUT2D eigenvalue weighted by molar-refractivity contribution is -0.890. The molecule has 31 heavy (non-hydrogen) atoms. The van der Waals surface area contributed by atoms with Crippen molar-refractivity contribution in [1.29, 1.82) is 0 Å². The van der Waals surface area contributed by atoms with Gasteiger partial charge in [0, 0.05) is 0 Å². The summed E-state index contributed by atoms with van der Waals surface area (Å²) < 4.78 is 33.0. The molecule has 0 unspecified atom stereocenters. The summed E-state index contributed by atoms with van der Waals surface area (Å²) >= 11 is 0. The van der Waals surface area contributed by atoms with Gasteiger partial charge in [0.1, 0.15) is 6.54 Å². The van der Waals surface area contributed by atoms with Gasteiger partial charge in [-0.1, -0.05) is 96.8 Å². The summed E-state index contributed by atoms with van der Waals surface area (Å²) in [5.41, 5.74) is 0. The van der Waals surface area contributed by atoms with Crippen molar-refractivity contribution in [2.24, 2.45) is 0 Å². The Labute approximate surface area is 194 Å². The second kappa shape index (κ2) is 23.0. The average Bonchev–Trinajstić information content (AvgIpc) is 2.67. The van der Waals surface area contributed by atoms with E-state index < -0.39 is 10.4 Å². The maximum atomic E-state index is 9.45. The third-order valence-corrected chi connectivity index (χ3v) is 6.11. The van der Waals surface area contributed by atoms with Crippen molar-refractivity contribution in [3.05, 3.63) is 0 Å². The minimum Gasteiger partial charge on any atom is -0.726 e. The quantitative estimate of drug-likeness (QED) is 0.0997. The van der Waals surface area contributed by atoms with Crippen molar-refractivity contribution < 1.29 is 26.7 Å². The van der Waals surface area contributed by atoms with Crippen molar-refractivity contribution in [3.8, 4) is 0 Å². The summed E-state index contributed by atoms with van der Waals surface area (Å²) in [5.74, 6) is 0. The fourth-order valence-electron chi connectivity index (χ4n) is 3.61. The van der Waals surface area contributed by atoms with E-state index in [9.17, 15) is 13.0 Å². The molecule has 0 aliphatic carbocycles. The molecule has 0 amide bonds. The van der Waals surface area contributed by atoms with Crippen LogP contribution in [0.5, 0.6) is 0 Å². The molecule has 0 aliphatic heterocycles. The van der Waals surface area contributed by atoms with Crippen molar-refractivity contribution in [2.75, 3.05) is 40.4 Å². The lowest BCUT2D eigenvalue weighted by Gasteiger charge is -2.28. The summed E-state index contributed by atoms with van der Waals surface area (Å²) in [7, 11) is 0.0231. The molecule has 0 aliphatic rings. The Kier molecular flexibility index (Phi) is 24.4. The first-order chi connectivity index (χ1) is 14.7. The predicted molar refractivity (Wildman–Crippen MR) is 130 cm³/mol. The fourth-order valence-corrected chi connectivity index (χ4v) is 3.90. The number of aliphatic hydroxyl groups is 1. The molecule has 0 fully saturated rings. The van der Waals surface area contributed by atoms with Crippen LogP contribution in [-0.2, 0) is 14.6 Å². The van der Waals surface area contributed by atoms with Crippen LogP contribution in [0.4, 0.5) is 0 Å². The molecule has 0 saturated carbocycles. The van der Waals surface area contributed by atoms with E-state index in [1.165, 1.54) is 116 Å². The molecule has 0 aromatic heterocycles. The summed E-state index contributed by atoms with van der Waals surface area (Å²) in [6.45, 7) is 6.03. The molecule has 6 nitrogen and oxygen atoms in total. The third-order valence-electron chi connectivity index (χ3n) is 5.58. The fraction of sp³-hybridized carbons (Fsp3) is 1.00. The zero-order valence-corrected chi connectivity index (χ0v) is 21.9. The van der Waals surface area contributed by atoms with Gasteiger partial charge in [0.2, 0.25) is 10.4 Å². The number of quaternary nitrogens is 1. The largest absolute Gasteiger partial charge is 0.726 e. The van der Waals surface area contributed by atoms with Gasteiger partial charge in [0.25, 0.3) is 0 Å². The first-order valence-corrected chi connectivity index (χ1v) is 14.0. The molecule has 0 spiro atoms. The number of nitrogens with zero attached hydrogens (tertiary/aromatic N) is 1. The number of aliphatic hydroxyl groups excluding tert-OH is 1. The highest BCUT2D eigenvalue weighted by atomic mass is 32.3. The number of hydrogen-bond acceptors (Lipinski definition) is 5. The van der Waals surface area contributed by atoms with E-state index in [2.05, 4.69) is 25.2 Å². The van der Waals surface area contributed by atoms with Crippen LogP contribution in [0.15, 0.2) is 0 Å². The van der Waals surface area contributed by atoms with Crippen LogP contribution < -0.4 is 0 Å². The molecule has 1 N–H and O–H groups in total. The van der Waals surface area contributed by atoms with E-state index in [0.29, 0.717) is 6.61 Å². The lowest BCUT2D eigenvalue weighted by Crippen LogP contribution is -2.42. The lowest BCUT2D eigenvalue weighted by atomic mass is 10.0. The highest BCUT2D eigenvalue weighted by molar-refractivity contribution is 7.80. The molecule has 0 saturated heterocycles. The van der Waals surface area contributed by atoms with Crippen LogP contribution in [0.1, 0.15) is 117 Å². The van der Waals surface area contributed by atoms with Crippen molar-refractivity contribution in [1.82, 2.24) is 0 Å². The van der Waals surface area contributed by atoms with Gasteiger partial charge < -0.3 is 14.1 Å². The monoisotopic (exact) mass is 467 g/mol. The second-order valence-corrected chi connectivity index (χ2v) is 10.3. The first-order valence-electron chi connectivity index (χ1n) is 12.7. The Morgan fingerprint density at radius 2 is 1.03 bits per heavy atom. The van der Waals surface area contributed by atoms with Crippen LogP contribution in [0.25, 0.3) is 0 Å². The zero-order valence-electron chi connectivity index (χ0n) is 21.1. The minimum atomic E-state index is -4.42. The summed E-state index contributed by atoms with van der Waals surface area (Å²) in [4.78, 5) is 0. The van der Waals surface area contributed by atoms with E-state index >= 15 is 0 Å². The Balaban J connectivity index is 0. The van der Waals surface area contributed by atoms with Crippen LogP contribution in [0.3, 0.4) is 0 Å². The number of likely N-dealkylation sites (N-methyl/N-ethyl adjacent to an activating group) is 1. The summed E-state index contributed by atoms with van der Waals surface area (Å²) in [6.07, 6.45) is 22.9. The van der Waals surface area contributed by atoms with Crippen molar-refractivity contribution >= 4 is 10.4 Å². The van der Waals surface area contributed by atoms with Gasteiger partial charge in [-0.05, 0) is 19.8 Å². The molecular weight excluding hydrogens is 414 g/mol. The van der Waals surface area contributed by atoms with Gasteiger partial charge >= 0.3 is 0 Å². The topological polar surface area (TPSA) is 86.7 Å². The van der Waals surface area contributed by atoms with Gasteiger partial charge in [-0.2, -0.15) is 0 Å². The van der Waals surface area contributed by atoms with Gasteiger partial charge in [-0.3, -0.25) is 4.18 Å². The van der Waals surface area contributed by atoms with E-state index in [1.54, 1.807) is 0 Å². The maximum absolute atomic E-state index is 9.45. The molecule has 0 radical (unpaired) electrons. The van der Waals surface area contributed by atoms with E-state index in [0.717, 1.165) is 11.0 Å². The standard InChI is InChI=1S/C22H48NO.C2H6O4S/c1-4-5-6-7-8-9-10-11-12-13-14-15-16-17-18-19-20-23(2,3)21-22-24;1-2-6-7(3,4)5/h24H,4-22H2,1-3H3;2H2,1H3,(H,3,4,5)/q+1;/p-1. The number of rotatable bonds is 21. The Morgan fingerprint density at radius 1 is 0.677 bits per heavy atom. The molecule has 0 aromatic rings. The highest BCUT2D eigenvalue weighted by Crippen LogP contribution is 2.14. The average molecular weight is 468 g/mol. The predicted octanol–water partition coefficient (Wildman–Crippen LogP) is 5.80. The van der Waals surface area contributed by atoms with Gasteiger partial charge in [-0.15, -0.1) is 0 Å². The Hall–Kier alpha value is -0.210. The molecule has 190 valence electrons. The van der Waals surface area contributed by atoms with Gasteiger partial charge in [0.15, 0.2) is 0 Å². The summed E-state index contributed by atoms with van der Waals surface area (Å²) in [6, 6.07) is 0. The highest BCUT2D eigenvalue weighted by Gasteiger charge is 2.12. The van der Waals surface area contributed by atoms with Crippen LogP contribution in [0, 0.1) is 0 Å². The second-order valence-electron chi connectivity index (χ2n) is 9.22. The molecule has 7 heteroatoms. The molecule has 0 heterocycles. The molecular formula is C24H53NO5S. The van der Waals surface area contributed by atoms with E-state index in [1.807, 2.05) is 0 Å². The zero-order chi connectivity index (χ0) is 23.8. The van der Waals surface area contributed by atoms with Crippen LogP contribution >= 0.6 is 0 Å². The maximum Gasteiger partial charge on any atom is 0.217 e. The van der Waals surface area contributed by atoms with Crippen molar-refractivity contribution in [2.45, 2.75) is 117 Å². The van der Waals surface area contributed by atoms with Gasteiger partial charge in [-0.25, -0.2) is 8.42 Å². The van der Waals surface area contributed by atoms with Crippen molar-refractivity contribution in [3.63, 3.8) is 0 Å². The third kappa shape index (κ3) is 32.1. The van der Waals surface area contributed by atoms with E-state index in [-0.39, 0.29) is 6.61 Å². The Bertz CT molecular complexity index is 455. The molecule has 0 bridgehead atoms. The summed E-state index contributed by atoms with van der Waals surface area (Å²) in [5, 5.41) is 9.02. The normalized spacial score (nSPS) is 11.9. The van der Waals surface area contributed by atoms with E-state index in [4.69, 9.17) is 5.11 Å². The number of unbranched alkanes of at least 4 members (excludes halogenated alkanes) is 15. The molecule has 0 atom stereocenters. The van der Waals surface area contributed by atoms with Gasteiger partial charge in [0.05, 0.1) is 33.9 Å². The molecule has 0 rings (SSSR count). The smallest absolute Gasteiger partial charge is 0.217 e. The first kappa shape index (κ1) is 33.0.